The van der Waals surface area contributed by atoms with Crippen molar-refractivity contribution in [3.05, 3.63) is 65.6 Å². The largest absolute Gasteiger partial charge is 0.384 e. The molecule has 3 atom stereocenters. The standard InChI is InChI=1S/C28H28F2N6O3/c1-14-10-17(8-9-35(14)28(39)16(3)38)25-24(15(2)37)26(31)36-27(34-25)21(13-33-36)18-4-7-23(32-12-18)20-6-5-19(29)11-22(20)30/h4-7,11-14,16-17,38H,8-10,31H2,1-3H3/t14-,16+,17+/m0/s1. The Morgan fingerprint density at radius 3 is 2.54 bits per heavy atom. The summed E-state index contributed by atoms with van der Waals surface area (Å²) in [6.07, 6.45) is 3.14. The van der Waals surface area contributed by atoms with Gasteiger partial charge in [0.05, 0.1) is 23.1 Å². The topological polar surface area (TPSA) is 127 Å². The van der Waals surface area contributed by atoms with Crippen molar-refractivity contribution in [1.29, 1.82) is 0 Å². The fraction of sp³-hybridized carbons (Fsp3) is 0.321. The van der Waals surface area contributed by atoms with Gasteiger partial charge in [-0.15, -0.1) is 0 Å². The first-order chi connectivity index (χ1) is 18.6. The maximum absolute atomic E-state index is 14.2. The minimum absolute atomic E-state index is 0.144. The van der Waals surface area contributed by atoms with Gasteiger partial charge in [-0.1, -0.05) is 6.07 Å². The summed E-state index contributed by atoms with van der Waals surface area (Å²) in [5.41, 5.74) is 9.51. The van der Waals surface area contributed by atoms with Crippen molar-refractivity contribution in [2.24, 2.45) is 0 Å². The number of aliphatic hydroxyl groups is 1. The molecular formula is C28H28F2N6O3. The zero-order valence-electron chi connectivity index (χ0n) is 21.7. The first-order valence-corrected chi connectivity index (χ1v) is 12.6. The summed E-state index contributed by atoms with van der Waals surface area (Å²) in [4.78, 5) is 36.0. The van der Waals surface area contributed by atoms with Crippen LogP contribution in [0.5, 0.6) is 0 Å². The second kappa shape index (κ2) is 10.1. The zero-order chi connectivity index (χ0) is 28.0. The summed E-state index contributed by atoms with van der Waals surface area (Å²) in [7, 11) is 0. The number of benzene rings is 1. The number of nitrogens with zero attached hydrogens (tertiary/aromatic N) is 5. The third-order valence-electron chi connectivity index (χ3n) is 7.25. The van der Waals surface area contributed by atoms with Crippen LogP contribution in [0.2, 0.25) is 0 Å². The molecule has 4 aromatic rings. The van der Waals surface area contributed by atoms with Crippen LogP contribution >= 0.6 is 0 Å². The molecule has 4 heterocycles. The number of nitrogens with two attached hydrogens (primary N) is 1. The van der Waals surface area contributed by atoms with E-state index in [1.807, 2.05) is 6.92 Å². The predicted molar refractivity (Wildman–Crippen MR) is 141 cm³/mol. The molecule has 9 nitrogen and oxygen atoms in total. The first-order valence-electron chi connectivity index (χ1n) is 12.6. The normalized spacial score (nSPS) is 18.4. The lowest BCUT2D eigenvalue weighted by atomic mass is 9.85. The van der Waals surface area contributed by atoms with Crippen molar-refractivity contribution >= 4 is 23.2 Å². The fourth-order valence-corrected chi connectivity index (χ4v) is 5.29. The van der Waals surface area contributed by atoms with Crippen LogP contribution in [0.3, 0.4) is 0 Å². The number of pyridine rings is 1. The second-order valence-electron chi connectivity index (χ2n) is 9.94. The number of carbonyl (C=O) groups is 2. The highest BCUT2D eigenvalue weighted by Crippen LogP contribution is 2.37. The minimum Gasteiger partial charge on any atom is -0.384 e. The van der Waals surface area contributed by atoms with Crippen molar-refractivity contribution in [2.45, 2.75) is 51.7 Å². The van der Waals surface area contributed by atoms with Gasteiger partial charge in [0.1, 0.15) is 23.6 Å². The Balaban J connectivity index is 1.54. The molecule has 0 radical (unpaired) electrons. The van der Waals surface area contributed by atoms with Gasteiger partial charge in [-0.05, 0) is 51.8 Å². The van der Waals surface area contributed by atoms with Gasteiger partial charge in [-0.3, -0.25) is 14.6 Å². The van der Waals surface area contributed by atoms with E-state index in [2.05, 4.69) is 10.1 Å². The Morgan fingerprint density at radius 2 is 1.92 bits per heavy atom. The van der Waals surface area contributed by atoms with Crippen LogP contribution in [-0.2, 0) is 4.79 Å². The average Bonchev–Trinajstić information content (AvgIpc) is 3.32. The summed E-state index contributed by atoms with van der Waals surface area (Å²) in [5.74, 6) is -1.92. The Hall–Kier alpha value is -4.25. The molecule has 3 aromatic heterocycles. The maximum atomic E-state index is 14.2. The number of aromatic nitrogens is 4. The third-order valence-corrected chi connectivity index (χ3v) is 7.25. The van der Waals surface area contributed by atoms with E-state index in [0.717, 1.165) is 6.07 Å². The Morgan fingerprint density at radius 1 is 1.15 bits per heavy atom. The van der Waals surface area contributed by atoms with Crippen LogP contribution < -0.4 is 5.73 Å². The van der Waals surface area contributed by atoms with E-state index in [1.165, 1.54) is 30.5 Å². The van der Waals surface area contributed by atoms with Crippen molar-refractivity contribution in [3.63, 3.8) is 0 Å². The molecule has 1 amide bonds. The van der Waals surface area contributed by atoms with Gasteiger partial charge in [-0.25, -0.2) is 13.8 Å². The number of likely N-dealkylation sites (tertiary alicyclic amines) is 1. The lowest BCUT2D eigenvalue weighted by molar-refractivity contribution is -0.142. The smallest absolute Gasteiger partial charge is 0.251 e. The summed E-state index contributed by atoms with van der Waals surface area (Å²) in [5, 5.41) is 14.1. The number of aliphatic hydroxyl groups excluding tert-OH is 1. The van der Waals surface area contributed by atoms with Crippen LogP contribution in [0.15, 0.2) is 42.7 Å². The SMILES string of the molecule is CC(=O)c1c([C@@H]2CCN(C(=O)[C@@H](C)O)[C@@H](C)C2)nc2c(-c3ccc(-c4ccc(F)cc4F)nc3)cnn2c1N. The molecule has 0 spiro atoms. The number of rotatable bonds is 5. The Kier molecular flexibility index (Phi) is 6.85. The highest BCUT2D eigenvalue weighted by atomic mass is 19.1. The van der Waals surface area contributed by atoms with E-state index in [4.69, 9.17) is 10.7 Å². The van der Waals surface area contributed by atoms with Crippen molar-refractivity contribution in [1.82, 2.24) is 24.5 Å². The number of ketones is 1. The highest BCUT2D eigenvalue weighted by Gasteiger charge is 2.34. The number of fused-ring (bicyclic) bond motifs is 1. The lowest BCUT2D eigenvalue weighted by Crippen LogP contribution is -2.47. The summed E-state index contributed by atoms with van der Waals surface area (Å²) < 4.78 is 29.0. The molecular weight excluding hydrogens is 506 g/mol. The molecule has 0 unspecified atom stereocenters. The molecule has 0 aliphatic carbocycles. The van der Waals surface area contributed by atoms with Crippen molar-refractivity contribution in [2.75, 3.05) is 12.3 Å². The van der Waals surface area contributed by atoms with Crippen LogP contribution in [-0.4, -0.2) is 60.0 Å². The number of anilines is 1. The number of halogens is 2. The van der Waals surface area contributed by atoms with E-state index in [9.17, 15) is 23.5 Å². The summed E-state index contributed by atoms with van der Waals surface area (Å²) >= 11 is 0. The Labute approximate surface area is 223 Å². The van der Waals surface area contributed by atoms with Gasteiger partial charge >= 0.3 is 0 Å². The maximum Gasteiger partial charge on any atom is 0.251 e. The first kappa shape index (κ1) is 26.4. The van der Waals surface area contributed by atoms with Crippen LogP contribution in [0.4, 0.5) is 14.6 Å². The zero-order valence-corrected chi connectivity index (χ0v) is 21.7. The lowest BCUT2D eigenvalue weighted by Gasteiger charge is -2.38. The average molecular weight is 535 g/mol. The molecule has 1 saturated heterocycles. The molecule has 3 N–H and O–H groups in total. The van der Waals surface area contributed by atoms with E-state index in [1.54, 1.807) is 29.4 Å². The number of hydrogen-bond donors (Lipinski definition) is 2. The molecule has 11 heteroatoms. The quantitative estimate of drug-likeness (QED) is 0.371. The number of carbonyl (C=O) groups excluding carboxylic acids is 2. The van der Waals surface area contributed by atoms with Crippen LogP contribution in [0.1, 0.15) is 55.6 Å². The number of hydrogen-bond acceptors (Lipinski definition) is 7. The molecule has 1 aliphatic rings. The van der Waals surface area contributed by atoms with Crippen LogP contribution in [0.25, 0.3) is 28.0 Å². The predicted octanol–water partition coefficient (Wildman–Crippen LogP) is 4.00. The monoisotopic (exact) mass is 534 g/mol. The van der Waals surface area contributed by atoms with E-state index < -0.39 is 17.7 Å². The number of nitrogen functional groups attached to an aromatic ring is 1. The molecule has 0 saturated carbocycles. The van der Waals surface area contributed by atoms with Gasteiger partial charge in [0.25, 0.3) is 5.91 Å². The van der Waals surface area contributed by atoms with E-state index in [0.29, 0.717) is 53.1 Å². The van der Waals surface area contributed by atoms with Gasteiger partial charge in [0, 0.05) is 47.5 Å². The van der Waals surface area contributed by atoms with E-state index in [-0.39, 0.29) is 35.0 Å². The van der Waals surface area contributed by atoms with Crippen molar-refractivity contribution in [3.8, 4) is 22.4 Å². The summed E-state index contributed by atoms with van der Waals surface area (Å²) in [6, 6.07) is 6.51. The second-order valence-corrected chi connectivity index (χ2v) is 9.94. The minimum atomic E-state index is -1.09. The summed E-state index contributed by atoms with van der Waals surface area (Å²) in [6.45, 7) is 5.20. The van der Waals surface area contributed by atoms with Gasteiger partial charge in [-0.2, -0.15) is 9.61 Å². The van der Waals surface area contributed by atoms with Crippen molar-refractivity contribution < 1.29 is 23.5 Å². The number of amides is 1. The number of piperidine rings is 1. The molecule has 39 heavy (non-hydrogen) atoms. The molecule has 5 rings (SSSR count). The van der Waals surface area contributed by atoms with Gasteiger partial charge in [0.2, 0.25) is 0 Å². The molecule has 1 aromatic carbocycles. The Bertz CT molecular complexity index is 1580. The van der Waals surface area contributed by atoms with Gasteiger partial charge < -0.3 is 15.7 Å². The molecule has 1 aliphatic heterocycles. The van der Waals surface area contributed by atoms with Gasteiger partial charge in [0.15, 0.2) is 11.4 Å². The van der Waals surface area contributed by atoms with Crippen LogP contribution in [0, 0.1) is 11.6 Å². The molecule has 202 valence electrons. The molecule has 1 fully saturated rings. The fourth-order valence-electron chi connectivity index (χ4n) is 5.29. The van der Waals surface area contributed by atoms with E-state index >= 15 is 0 Å². The molecule has 0 bridgehead atoms. The number of Topliss-reactive ketones (excluding diaryl/α,β-unsaturated/α-hetero) is 1. The third kappa shape index (κ3) is 4.74. The highest BCUT2D eigenvalue weighted by molar-refractivity contribution is 6.00.